The van der Waals surface area contributed by atoms with Crippen molar-refractivity contribution in [2.24, 2.45) is 0 Å². The van der Waals surface area contributed by atoms with E-state index in [0.717, 1.165) is 25.2 Å². The second-order valence-electron chi connectivity index (χ2n) is 4.64. The summed E-state index contributed by atoms with van der Waals surface area (Å²) in [5.74, 6) is -0.994. The zero-order valence-corrected chi connectivity index (χ0v) is 10.9. The molecule has 0 atom stereocenters. The normalized spacial score (nSPS) is 16.7. The molecule has 1 saturated heterocycles. The zero-order valence-electron chi connectivity index (χ0n) is 10.9. The molecule has 0 bridgehead atoms. The van der Waals surface area contributed by atoms with E-state index in [1.165, 1.54) is 12.3 Å². The van der Waals surface area contributed by atoms with Gasteiger partial charge in [0.1, 0.15) is 0 Å². The van der Waals surface area contributed by atoms with E-state index in [1.54, 1.807) is 6.07 Å². The molecule has 0 aliphatic carbocycles. The van der Waals surface area contributed by atoms with Crippen LogP contribution in [0.3, 0.4) is 0 Å². The lowest BCUT2D eigenvalue weighted by Crippen LogP contribution is -2.34. The Hall–Kier alpha value is -2.22. The molecule has 0 radical (unpaired) electrons. The van der Waals surface area contributed by atoms with Gasteiger partial charge in [-0.15, -0.1) is 0 Å². The summed E-state index contributed by atoms with van der Waals surface area (Å²) in [6, 6.07) is 3.06. The fourth-order valence-electron chi connectivity index (χ4n) is 2.25. The van der Waals surface area contributed by atoms with E-state index in [-0.39, 0.29) is 12.4 Å². The number of carboxylic acid groups (broad SMARTS) is 1. The van der Waals surface area contributed by atoms with E-state index in [1.807, 2.05) is 4.90 Å². The first-order valence-corrected chi connectivity index (χ1v) is 6.36. The number of hydrogen-bond acceptors (Lipinski definition) is 6. The average Bonchev–Trinajstić information content (AvgIpc) is 2.64. The molecule has 108 valence electrons. The van der Waals surface area contributed by atoms with E-state index >= 15 is 0 Å². The maximum atomic E-state index is 10.7. The summed E-state index contributed by atoms with van der Waals surface area (Å²) >= 11 is 0. The summed E-state index contributed by atoms with van der Waals surface area (Å²) in [6.07, 6.45) is 2.34. The highest BCUT2D eigenvalue weighted by Crippen LogP contribution is 2.18. The lowest BCUT2D eigenvalue weighted by molar-refractivity contribution is -0.389. The molecule has 0 saturated carbocycles. The summed E-state index contributed by atoms with van der Waals surface area (Å²) in [6.45, 7) is 2.92. The molecular formula is C12H16N4O4. The van der Waals surface area contributed by atoms with Crippen LogP contribution in [0, 0.1) is 10.1 Å². The van der Waals surface area contributed by atoms with Crippen LogP contribution in [-0.2, 0) is 4.79 Å². The fourth-order valence-corrected chi connectivity index (χ4v) is 2.25. The van der Waals surface area contributed by atoms with Gasteiger partial charge in [-0.05, 0) is 22.4 Å². The van der Waals surface area contributed by atoms with Gasteiger partial charge in [0, 0.05) is 32.2 Å². The minimum atomic E-state index is -0.824. The highest BCUT2D eigenvalue weighted by atomic mass is 16.6. The number of aromatic nitrogens is 1. The van der Waals surface area contributed by atoms with Crippen molar-refractivity contribution in [3.8, 4) is 0 Å². The first kappa shape index (κ1) is 14.2. The molecular weight excluding hydrogens is 264 g/mol. The Labute approximate surface area is 115 Å². The maximum absolute atomic E-state index is 10.7. The molecule has 20 heavy (non-hydrogen) atoms. The average molecular weight is 280 g/mol. The molecule has 1 aromatic rings. The Balaban J connectivity index is 1.99. The van der Waals surface area contributed by atoms with Gasteiger partial charge in [-0.1, -0.05) is 0 Å². The SMILES string of the molecule is O=C(O)CN1CCCN(c2ccc([N+](=O)[O-])nc2)CC1. The molecule has 0 unspecified atom stereocenters. The van der Waals surface area contributed by atoms with Crippen LogP contribution >= 0.6 is 0 Å². The van der Waals surface area contributed by atoms with Crippen molar-refractivity contribution >= 4 is 17.5 Å². The van der Waals surface area contributed by atoms with Crippen LogP contribution in [0.25, 0.3) is 0 Å². The van der Waals surface area contributed by atoms with Crippen molar-refractivity contribution < 1.29 is 14.8 Å². The quantitative estimate of drug-likeness (QED) is 0.636. The van der Waals surface area contributed by atoms with Gasteiger partial charge in [-0.2, -0.15) is 0 Å². The number of nitrogens with zero attached hydrogens (tertiary/aromatic N) is 4. The van der Waals surface area contributed by atoms with Crippen LogP contribution < -0.4 is 4.90 Å². The van der Waals surface area contributed by atoms with E-state index in [9.17, 15) is 14.9 Å². The first-order chi connectivity index (χ1) is 9.56. The third-order valence-corrected chi connectivity index (χ3v) is 3.23. The summed E-state index contributed by atoms with van der Waals surface area (Å²) in [7, 11) is 0. The van der Waals surface area contributed by atoms with Gasteiger partial charge in [0.05, 0.1) is 12.2 Å². The maximum Gasteiger partial charge on any atom is 0.363 e. The van der Waals surface area contributed by atoms with E-state index in [4.69, 9.17) is 5.11 Å². The fraction of sp³-hybridized carbons (Fsp3) is 0.500. The summed E-state index contributed by atoms with van der Waals surface area (Å²) in [4.78, 5) is 28.5. The second-order valence-corrected chi connectivity index (χ2v) is 4.64. The van der Waals surface area contributed by atoms with Gasteiger partial charge < -0.3 is 20.1 Å². The highest BCUT2D eigenvalue weighted by molar-refractivity contribution is 5.69. The van der Waals surface area contributed by atoms with E-state index in [2.05, 4.69) is 9.88 Å². The molecule has 2 rings (SSSR count). The molecule has 1 aliphatic heterocycles. The molecule has 0 spiro atoms. The monoisotopic (exact) mass is 280 g/mol. The number of hydrogen-bond donors (Lipinski definition) is 1. The van der Waals surface area contributed by atoms with Crippen molar-refractivity contribution in [1.82, 2.24) is 9.88 Å². The number of pyridine rings is 1. The van der Waals surface area contributed by atoms with Crippen LogP contribution in [0.1, 0.15) is 6.42 Å². The summed E-state index contributed by atoms with van der Waals surface area (Å²) in [5.41, 5.74) is 0.827. The topological polar surface area (TPSA) is 99.8 Å². The Bertz CT molecular complexity index is 491. The van der Waals surface area contributed by atoms with E-state index < -0.39 is 10.9 Å². The number of carboxylic acids is 1. The number of anilines is 1. The molecule has 8 nitrogen and oxygen atoms in total. The van der Waals surface area contributed by atoms with Gasteiger partial charge >= 0.3 is 11.8 Å². The predicted molar refractivity (Wildman–Crippen MR) is 71.8 cm³/mol. The molecule has 1 aliphatic rings. The second kappa shape index (κ2) is 6.29. The first-order valence-electron chi connectivity index (χ1n) is 6.36. The van der Waals surface area contributed by atoms with Crippen molar-refractivity contribution in [2.75, 3.05) is 37.6 Å². The van der Waals surface area contributed by atoms with Gasteiger partial charge in [-0.25, -0.2) is 0 Å². The van der Waals surface area contributed by atoms with Crippen LogP contribution in [0.4, 0.5) is 11.5 Å². The number of aliphatic carboxylic acids is 1. The lowest BCUT2D eigenvalue weighted by atomic mass is 10.3. The molecule has 0 aromatic carbocycles. The van der Waals surface area contributed by atoms with E-state index in [0.29, 0.717) is 13.1 Å². The van der Waals surface area contributed by atoms with Crippen LogP contribution in [0.2, 0.25) is 0 Å². The van der Waals surface area contributed by atoms with Crippen LogP contribution in [0.5, 0.6) is 0 Å². The third kappa shape index (κ3) is 3.64. The standard InChI is InChI=1S/C12H16N4O4/c17-12(18)9-14-4-1-5-15(7-6-14)10-2-3-11(13-8-10)16(19)20/h2-3,8H,1,4-7,9H2,(H,17,18). The molecule has 0 amide bonds. The summed E-state index contributed by atoms with van der Waals surface area (Å²) < 4.78 is 0. The minimum absolute atomic E-state index is 0.0480. The molecule has 1 N–H and O–H groups in total. The molecule has 8 heteroatoms. The van der Waals surface area contributed by atoms with Crippen molar-refractivity contribution in [1.29, 1.82) is 0 Å². The Kier molecular flexibility index (Phi) is 4.46. The number of carbonyl (C=O) groups is 1. The predicted octanol–water partition coefficient (Wildman–Crippen LogP) is 0.586. The molecule has 2 heterocycles. The van der Waals surface area contributed by atoms with Gasteiger partial charge in [-0.3, -0.25) is 9.69 Å². The smallest absolute Gasteiger partial charge is 0.363 e. The van der Waals surface area contributed by atoms with Crippen LogP contribution in [0.15, 0.2) is 18.3 Å². The van der Waals surface area contributed by atoms with Crippen LogP contribution in [-0.4, -0.2) is 58.6 Å². The highest BCUT2D eigenvalue weighted by Gasteiger charge is 2.18. The number of rotatable bonds is 4. The largest absolute Gasteiger partial charge is 0.480 e. The van der Waals surface area contributed by atoms with Crippen molar-refractivity contribution in [2.45, 2.75) is 6.42 Å². The molecule has 1 fully saturated rings. The van der Waals surface area contributed by atoms with Gasteiger partial charge in [0.2, 0.25) is 0 Å². The number of nitro groups is 1. The van der Waals surface area contributed by atoms with Crippen molar-refractivity contribution in [3.05, 3.63) is 28.4 Å². The Morgan fingerprint density at radius 1 is 1.35 bits per heavy atom. The zero-order chi connectivity index (χ0) is 14.5. The third-order valence-electron chi connectivity index (χ3n) is 3.23. The minimum Gasteiger partial charge on any atom is -0.480 e. The van der Waals surface area contributed by atoms with Crippen molar-refractivity contribution in [3.63, 3.8) is 0 Å². The summed E-state index contributed by atoms with van der Waals surface area (Å²) in [5, 5.41) is 19.4. The lowest BCUT2D eigenvalue weighted by Gasteiger charge is -2.21. The molecule has 1 aromatic heterocycles. The van der Waals surface area contributed by atoms with Gasteiger partial charge in [0.25, 0.3) is 0 Å². The Morgan fingerprint density at radius 2 is 2.15 bits per heavy atom. The Morgan fingerprint density at radius 3 is 2.75 bits per heavy atom. The van der Waals surface area contributed by atoms with Gasteiger partial charge in [0.15, 0.2) is 6.20 Å².